The fraction of sp³-hybridized carbons (Fsp3) is 0.0588. The van der Waals surface area contributed by atoms with Crippen molar-refractivity contribution in [2.45, 2.75) is 0 Å². The summed E-state index contributed by atoms with van der Waals surface area (Å²) in [5.41, 5.74) is 1.04. The highest BCUT2D eigenvalue weighted by molar-refractivity contribution is 6.31. The number of hydrogen-bond donors (Lipinski definition) is 1. The summed E-state index contributed by atoms with van der Waals surface area (Å²) < 4.78 is 5.11. The number of nitrogens with zero attached hydrogens (tertiary/aromatic N) is 1. The van der Waals surface area contributed by atoms with Crippen LogP contribution >= 0.6 is 23.2 Å². The third kappa shape index (κ3) is 4.75. The number of methoxy groups -OCH3 is 1. The molecule has 0 fully saturated rings. The number of hydrogen-bond acceptors (Lipinski definition) is 3. The van der Waals surface area contributed by atoms with Crippen LogP contribution in [0.15, 0.2) is 48.0 Å². The van der Waals surface area contributed by atoms with E-state index in [1.165, 1.54) is 13.2 Å². The predicted molar refractivity (Wildman–Crippen MR) is 91.7 cm³/mol. The molecule has 0 spiro atoms. The Morgan fingerprint density at radius 2 is 2.00 bits per heavy atom. The van der Waals surface area contributed by atoms with Crippen molar-refractivity contribution in [3.05, 3.63) is 63.6 Å². The van der Waals surface area contributed by atoms with Gasteiger partial charge < -0.3 is 10.1 Å². The first kappa shape index (κ1) is 16.9. The highest BCUT2D eigenvalue weighted by Crippen LogP contribution is 2.23. The van der Waals surface area contributed by atoms with Crippen LogP contribution in [-0.2, 0) is 4.79 Å². The zero-order chi connectivity index (χ0) is 16.8. The maximum Gasteiger partial charge on any atom is 0.266 e. The standard InChI is InChI=1S/C17H12Cl2N2O2/c1-23-16-7-11(6-14(19)9-16)5-12(10-20)17(22)21-15-4-2-3-13(18)8-15/h2-9H,1H3,(H,21,22)/b12-5+. The molecule has 116 valence electrons. The molecular weight excluding hydrogens is 335 g/mol. The number of rotatable bonds is 4. The first-order valence-corrected chi connectivity index (χ1v) is 7.30. The van der Waals surface area contributed by atoms with Gasteiger partial charge in [0.1, 0.15) is 17.4 Å². The molecule has 6 heteroatoms. The Morgan fingerprint density at radius 1 is 1.22 bits per heavy atom. The predicted octanol–water partition coefficient (Wildman–Crippen LogP) is 4.55. The summed E-state index contributed by atoms with van der Waals surface area (Å²) in [7, 11) is 1.51. The van der Waals surface area contributed by atoms with Crippen molar-refractivity contribution in [3.63, 3.8) is 0 Å². The van der Waals surface area contributed by atoms with Crippen molar-refractivity contribution < 1.29 is 9.53 Å². The molecule has 1 amide bonds. The minimum Gasteiger partial charge on any atom is -0.497 e. The van der Waals surface area contributed by atoms with Gasteiger partial charge in [-0.1, -0.05) is 29.3 Å². The molecule has 0 atom stereocenters. The molecule has 23 heavy (non-hydrogen) atoms. The summed E-state index contributed by atoms with van der Waals surface area (Å²) in [6, 6.07) is 13.5. The van der Waals surface area contributed by atoms with Gasteiger partial charge in [-0.05, 0) is 48.0 Å². The molecule has 0 saturated carbocycles. The zero-order valence-corrected chi connectivity index (χ0v) is 13.7. The van der Waals surface area contributed by atoms with Crippen molar-refractivity contribution in [2.75, 3.05) is 12.4 Å². The quantitative estimate of drug-likeness (QED) is 0.652. The number of halogens is 2. The third-order valence-corrected chi connectivity index (χ3v) is 3.34. The van der Waals surface area contributed by atoms with Crippen molar-refractivity contribution in [2.24, 2.45) is 0 Å². The van der Waals surface area contributed by atoms with Crippen LogP contribution in [0.5, 0.6) is 5.75 Å². The van der Waals surface area contributed by atoms with E-state index in [1.54, 1.807) is 42.5 Å². The number of carbonyl (C=O) groups excluding carboxylic acids is 1. The largest absolute Gasteiger partial charge is 0.497 e. The molecule has 0 aromatic heterocycles. The van der Waals surface area contributed by atoms with E-state index in [0.29, 0.717) is 27.0 Å². The number of nitrogens with one attached hydrogen (secondary N) is 1. The van der Waals surface area contributed by atoms with Crippen LogP contribution in [0.2, 0.25) is 10.0 Å². The Hall–Kier alpha value is -2.48. The smallest absolute Gasteiger partial charge is 0.266 e. The minimum absolute atomic E-state index is 0.0608. The number of benzene rings is 2. The Kier molecular flexibility index (Phi) is 5.64. The van der Waals surface area contributed by atoms with E-state index in [9.17, 15) is 10.1 Å². The fourth-order valence-electron chi connectivity index (χ4n) is 1.87. The molecule has 0 saturated heterocycles. The average Bonchev–Trinajstić information content (AvgIpc) is 2.51. The summed E-state index contributed by atoms with van der Waals surface area (Å²) in [6.07, 6.45) is 1.44. The monoisotopic (exact) mass is 346 g/mol. The molecular formula is C17H12Cl2N2O2. The number of amides is 1. The van der Waals surface area contributed by atoms with Gasteiger partial charge in [-0.15, -0.1) is 0 Å². The zero-order valence-electron chi connectivity index (χ0n) is 12.1. The highest BCUT2D eigenvalue weighted by atomic mass is 35.5. The van der Waals surface area contributed by atoms with Crippen LogP contribution < -0.4 is 10.1 Å². The summed E-state index contributed by atoms with van der Waals surface area (Å²) >= 11 is 11.8. The normalized spacial score (nSPS) is 10.8. The van der Waals surface area contributed by atoms with Gasteiger partial charge in [-0.3, -0.25) is 4.79 Å². The molecule has 0 radical (unpaired) electrons. The molecule has 2 aromatic carbocycles. The van der Waals surface area contributed by atoms with Gasteiger partial charge in [0.25, 0.3) is 5.91 Å². The molecule has 0 bridgehead atoms. The first-order valence-electron chi connectivity index (χ1n) is 6.55. The first-order chi connectivity index (χ1) is 11.0. The van der Waals surface area contributed by atoms with Crippen molar-refractivity contribution in [3.8, 4) is 11.8 Å². The average molecular weight is 347 g/mol. The third-order valence-electron chi connectivity index (χ3n) is 2.89. The topological polar surface area (TPSA) is 62.1 Å². The summed E-state index contributed by atoms with van der Waals surface area (Å²) in [4.78, 5) is 12.2. The fourth-order valence-corrected chi connectivity index (χ4v) is 2.29. The van der Waals surface area contributed by atoms with Gasteiger partial charge in [0.2, 0.25) is 0 Å². The van der Waals surface area contributed by atoms with E-state index in [1.807, 2.05) is 6.07 Å². The highest BCUT2D eigenvalue weighted by Gasteiger charge is 2.10. The Balaban J connectivity index is 2.26. The molecule has 0 heterocycles. The van der Waals surface area contributed by atoms with E-state index in [4.69, 9.17) is 27.9 Å². The molecule has 2 aromatic rings. The summed E-state index contributed by atoms with van der Waals surface area (Å²) in [5.74, 6) is 0.00463. The molecule has 0 aliphatic carbocycles. The number of nitriles is 1. The van der Waals surface area contributed by atoms with Crippen LogP contribution in [0, 0.1) is 11.3 Å². The molecule has 1 N–H and O–H groups in total. The van der Waals surface area contributed by atoms with Gasteiger partial charge >= 0.3 is 0 Å². The SMILES string of the molecule is COc1cc(Cl)cc(/C=C(\C#N)C(=O)Nc2cccc(Cl)c2)c1. The van der Waals surface area contributed by atoms with Crippen molar-refractivity contribution in [1.29, 1.82) is 5.26 Å². The Bertz CT molecular complexity index is 810. The van der Waals surface area contributed by atoms with Gasteiger partial charge in [-0.25, -0.2) is 0 Å². The number of carbonyl (C=O) groups is 1. The van der Waals surface area contributed by atoms with Crippen LogP contribution in [0.1, 0.15) is 5.56 Å². The second-order valence-corrected chi connectivity index (χ2v) is 5.43. The maximum atomic E-state index is 12.2. The van der Waals surface area contributed by atoms with E-state index >= 15 is 0 Å². The van der Waals surface area contributed by atoms with Crippen LogP contribution in [0.4, 0.5) is 5.69 Å². The van der Waals surface area contributed by atoms with Crippen LogP contribution in [0.25, 0.3) is 6.08 Å². The lowest BCUT2D eigenvalue weighted by Crippen LogP contribution is -2.13. The molecule has 0 aliphatic rings. The van der Waals surface area contributed by atoms with Gasteiger partial charge in [0.15, 0.2) is 0 Å². The van der Waals surface area contributed by atoms with E-state index in [2.05, 4.69) is 5.32 Å². The molecule has 0 unspecified atom stereocenters. The van der Waals surface area contributed by atoms with Crippen LogP contribution in [0.3, 0.4) is 0 Å². The van der Waals surface area contributed by atoms with E-state index < -0.39 is 5.91 Å². The summed E-state index contributed by atoms with van der Waals surface area (Å²) in [5, 5.41) is 12.8. The van der Waals surface area contributed by atoms with E-state index in [0.717, 1.165) is 0 Å². The lowest BCUT2D eigenvalue weighted by atomic mass is 10.1. The molecule has 2 rings (SSSR count). The van der Waals surface area contributed by atoms with Crippen LogP contribution in [-0.4, -0.2) is 13.0 Å². The number of anilines is 1. The lowest BCUT2D eigenvalue weighted by Gasteiger charge is -2.06. The molecule has 0 aliphatic heterocycles. The van der Waals surface area contributed by atoms with Crippen molar-refractivity contribution >= 4 is 40.9 Å². The minimum atomic E-state index is -0.534. The van der Waals surface area contributed by atoms with Gasteiger partial charge in [-0.2, -0.15) is 5.26 Å². The molecule has 4 nitrogen and oxygen atoms in total. The Labute approximate surface area is 143 Å². The summed E-state index contributed by atoms with van der Waals surface area (Å²) in [6.45, 7) is 0. The lowest BCUT2D eigenvalue weighted by molar-refractivity contribution is -0.112. The second kappa shape index (κ2) is 7.68. The van der Waals surface area contributed by atoms with Gasteiger partial charge in [0, 0.05) is 15.7 Å². The van der Waals surface area contributed by atoms with E-state index in [-0.39, 0.29) is 5.57 Å². The Morgan fingerprint density at radius 3 is 2.65 bits per heavy atom. The second-order valence-electron chi connectivity index (χ2n) is 4.56. The van der Waals surface area contributed by atoms with Crippen molar-refractivity contribution in [1.82, 2.24) is 0 Å². The van der Waals surface area contributed by atoms with Gasteiger partial charge in [0.05, 0.1) is 7.11 Å². The number of ether oxygens (including phenoxy) is 1. The maximum absolute atomic E-state index is 12.2.